The molecule has 0 fully saturated rings. The zero-order chi connectivity index (χ0) is 9.02. The molecule has 0 saturated carbocycles. The largest absolute Gasteiger partial charge is 0.300 e. The Hall–Kier alpha value is -0.990. The maximum absolute atomic E-state index is 10.7. The zero-order valence-electron chi connectivity index (χ0n) is 7.01. The van der Waals surface area contributed by atoms with E-state index in [0.29, 0.717) is 0 Å². The first-order chi connectivity index (χ1) is 4.95. The normalized spacial score (nSPS) is 9.00. The van der Waals surface area contributed by atoms with Crippen LogP contribution in [0.5, 0.6) is 0 Å². The van der Waals surface area contributed by atoms with E-state index in [9.17, 15) is 14.4 Å². The Labute approximate surface area is 73.1 Å². The molecule has 0 unspecified atom stereocenters. The van der Waals surface area contributed by atoms with Gasteiger partial charge in [-0.3, -0.25) is 14.4 Å². The summed E-state index contributed by atoms with van der Waals surface area (Å²) in [6.07, 6.45) is 0.0463. The predicted octanol–water partition coefficient (Wildman–Crippen LogP) is 1.40. The van der Waals surface area contributed by atoms with Crippen molar-refractivity contribution in [2.45, 2.75) is 34.6 Å². The first-order valence-electron chi connectivity index (χ1n) is 3.45. The van der Waals surface area contributed by atoms with Crippen LogP contribution in [0.3, 0.4) is 0 Å². The van der Waals surface area contributed by atoms with E-state index in [-0.39, 0.29) is 31.2 Å². The minimum atomic E-state index is -0.715. The standard InChI is InChI=1S/C8H12O3.CH4/c1-5(9)4-8(6(2)10)7(3)11;/h8H,4H2,1-3H3;1H4. The molecule has 3 nitrogen and oxygen atoms in total. The lowest BCUT2D eigenvalue weighted by Crippen LogP contribution is -2.21. The summed E-state index contributed by atoms with van der Waals surface area (Å²) in [5, 5.41) is 0. The van der Waals surface area contributed by atoms with Gasteiger partial charge in [-0.15, -0.1) is 0 Å². The molecule has 0 amide bonds. The molecule has 0 spiro atoms. The topological polar surface area (TPSA) is 51.2 Å². The van der Waals surface area contributed by atoms with Crippen molar-refractivity contribution in [1.29, 1.82) is 0 Å². The fraction of sp³-hybridized carbons (Fsp3) is 0.667. The summed E-state index contributed by atoms with van der Waals surface area (Å²) in [6, 6.07) is 0. The molecule has 0 aromatic carbocycles. The average Bonchev–Trinajstić information content (AvgIpc) is 1.81. The van der Waals surface area contributed by atoms with Crippen LogP contribution < -0.4 is 0 Å². The van der Waals surface area contributed by atoms with Crippen molar-refractivity contribution in [2.75, 3.05) is 0 Å². The molecule has 0 N–H and O–H groups in total. The van der Waals surface area contributed by atoms with Gasteiger partial charge in [-0.25, -0.2) is 0 Å². The Morgan fingerprint density at radius 1 is 1.00 bits per heavy atom. The van der Waals surface area contributed by atoms with Crippen molar-refractivity contribution in [3.8, 4) is 0 Å². The molecule has 0 bridgehead atoms. The van der Waals surface area contributed by atoms with Crippen molar-refractivity contribution in [2.24, 2.45) is 5.92 Å². The Balaban J connectivity index is 0. The highest BCUT2D eigenvalue weighted by molar-refractivity contribution is 6.03. The van der Waals surface area contributed by atoms with Crippen LogP contribution in [-0.4, -0.2) is 17.3 Å². The van der Waals surface area contributed by atoms with Crippen LogP contribution in [0.4, 0.5) is 0 Å². The van der Waals surface area contributed by atoms with E-state index in [2.05, 4.69) is 0 Å². The molecule has 0 aromatic heterocycles. The molecule has 0 atom stereocenters. The molecule has 0 aliphatic heterocycles. The van der Waals surface area contributed by atoms with Crippen LogP contribution >= 0.6 is 0 Å². The van der Waals surface area contributed by atoms with Gasteiger partial charge in [-0.1, -0.05) is 7.43 Å². The van der Waals surface area contributed by atoms with Crippen LogP contribution in [0, 0.1) is 5.92 Å². The Kier molecular flexibility index (Phi) is 6.38. The maximum Gasteiger partial charge on any atom is 0.140 e. The van der Waals surface area contributed by atoms with Crippen LogP contribution in [-0.2, 0) is 14.4 Å². The average molecular weight is 172 g/mol. The molecule has 0 aliphatic carbocycles. The van der Waals surface area contributed by atoms with E-state index < -0.39 is 5.92 Å². The van der Waals surface area contributed by atoms with Crippen molar-refractivity contribution in [3.63, 3.8) is 0 Å². The Bertz CT molecular complexity index is 180. The zero-order valence-corrected chi connectivity index (χ0v) is 7.01. The van der Waals surface area contributed by atoms with Gasteiger partial charge in [0.1, 0.15) is 17.3 Å². The summed E-state index contributed by atoms with van der Waals surface area (Å²) >= 11 is 0. The van der Waals surface area contributed by atoms with Crippen LogP contribution in [0.1, 0.15) is 34.6 Å². The lowest BCUT2D eigenvalue weighted by molar-refractivity contribution is -0.134. The molecule has 0 rings (SSSR count). The SMILES string of the molecule is C.CC(=O)CC(C(C)=O)C(C)=O. The second kappa shape index (κ2) is 5.63. The van der Waals surface area contributed by atoms with Gasteiger partial charge in [-0.2, -0.15) is 0 Å². The van der Waals surface area contributed by atoms with Gasteiger partial charge in [0.25, 0.3) is 0 Å². The lowest BCUT2D eigenvalue weighted by atomic mass is 9.95. The first kappa shape index (κ1) is 13.6. The van der Waals surface area contributed by atoms with E-state index in [1.54, 1.807) is 0 Å². The fourth-order valence-electron chi connectivity index (χ4n) is 0.861. The third-order valence-corrected chi connectivity index (χ3v) is 1.47. The first-order valence-corrected chi connectivity index (χ1v) is 3.45. The number of ketones is 3. The van der Waals surface area contributed by atoms with Crippen molar-refractivity contribution in [1.82, 2.24) is 0 Å². The van der Waals surface area contributed by atoms with Gasteiger partial charge in [0.05, 0.1) is 5.92 Å². The molecule has 0 heterocycles. The summed E-state index contributed by atoms with van der Waals surface area (Å²) in [4.78, 5) is 32.1. The predicted molar refractivity (Wildman–Crippen MR) is 46.9 cm³/mol. The van der Waals surface area contributed by atoms with E-state index in [1.807, 2.05) is 0 Å². The van der Waals surface area contributed by atoms with Crippen LogP contribution in [0.25, 0.3) is 0 Å². The highest BCUT2D eigenvalue weighted by Crippen LogP contribution is 2.06. The summed E-state index contributed by atoms with van der Waals surface area (Å²) < 4.78 is 0. The number of hydrogen-bond donors (Lipinski definition) is 0. The number of carbonyl (C=O) groups is 3. The molecule has 3 heteroatoms. The molecule has 70 valence electrons. The molecule has 12 heavy (non-hydrogen) atoms. The summed E-state index contributed by atoms with van der Waals surface area (Å²) in [7, 11) is 0. The molecule has 0 saturated heterocycles. The van der Waals surface area contributed by atoms with Crippen LogP contribution in [0.2, 0.25) is 0 Å². The summed E-state index contributed by atoms with van der Waals surface area (Å²) in [5.41, 5.74) is 0. The van der Waals surface area contributed by atoms with Gasteiger partial charge in [0.2, 0.25) is 0 Å². The van der Waals surface area contributed by atoms with E-state index >= 15 is 0 Å². The number of Topliss-reactive ketones (excluding diaryl/α,β-unsaturated/α-hetero) is 3. The second-order valence-corrected chi connectivity index (χ2v) is 2.68. The molecule has 0 aromatic rings. The van der Waals surface area contributed by atoms with Gasteiger partial charge >= 0.3 is 0 Å². The van der Waals surface area contributed by atoms with E-state index in [1.165, 1.54) is 20.8 Å². The molecular weight excluding hydrogens is 156 g/mol. The minimum absolute atomic E-state index is 0. The van der Waals surface area contributed by atoms with Gasteiger partial charge in [-0.05, 0) is 20.8 Å². The number of hydrogen-bond acceptors (Lipinski definition) is 3. The monoisotopic (exact) mass is 172 g/mol. The van der Waals surface area contributed by atoms with Gasteiger partial charge in [0, 0.05) is 6.42 Å². The quantitative estimate of drug-likeness (QED) is 0.602. The van der Waals surface area contributed by atoms with Crippen molar-refractivity contribution in [3.05, 3.63) is 0 Å². The lowest BCUT2D eigenvalue weighted by Gasteiger charge is -2.05. The van der Waals surface area contributed by atoms with Gasteiger partial charge in [0.15, 0.2) is 0 Å². The fourth-order valence-corrected chi connectivity index (χ4v) is 0.861. The second-order valence-electron chi connectivity index (χ2n) is 2.68. The van der Waals surface area contributed by atoms with E-state index in [4.69, 9.17) is 0 Å². The van der Waals surface area contributed by atoms with E-state index in [0.717, 1.165) is 0 Å². The van der Waals surface area contributed by atoms with Crippen LogP contribution in [0.15, 0.2) is 0 Å². The Morgan fingerprint density at radius 3 is 1.42 bits per heavy atom. The summed E-state index contributed by atoms with van der Waals surface area (Å²) in [5.74, 6) is -1.30. The van der Waals surface area contributed by atoms with Gasteiger partial charge < -0.3 is 0 Å². The third kappa shape index (κ3) is 4.77. The molecule has 0 aliphatic rings. The number of rotatable bonds is 4. The molecule has 0 radical (unpaired) electrons. The smallest absolute Gasteiger partial charge is 0.140 e. The molecular formula is C9H16O3. The number of carbonyl (C=O) groups excluding carboxylic acids is 3. The van der Waals surface area contributed by atoms with Crippen molar-refractivity contribution < 1.29 is 14.4 Å². The minimum Gasteiger partial charge on any atom is -0.300 e. The Morgan fingerprint density at radius 2 is 1.33 bits per heavy atom. The maximum atomic E-state index is 10.7. The van der Waals surface area contributed by atoms with Crippen molar-refractivity contribution >= 4 is 17.3 Å². The highest BCUT2D eigenvalue weighted by Gasteiger charge is 2.20. The third-order valence-electron chi connectivity index (χ3n) is 1.47. The summed E-state index contributed by atoms with van der Waals surface area (Å²) in [6.45, 7) is 4.03. The highest BCUT2D eigenvalue weighted by atomic mass is 16.2.